The first-order valence-electron chi connectivity index (χ1n) is 48.9. The van der Waals surface area contributed by atoms with Crippen molar-refractivity contribution in [2.75, 3.05) is 116 Å². The van der Waals surface area contributed by atoms with Crippen molar-refractivity contribution >= 4 is 92.6 Å². The first kappa shape index (κ1) is 108. The highest BCUT2D eigenvalue weighted by Crippen LogP contribution is 2.38. The molecule has 4 saturated heterocycles. The summed E-state index contributed by atoms with van der Waals surface area (Å²) in [6, 6.07) is 37.4. The van der Waals surface area contributed by atoms with Crippen LogP contribution in [-0.2, 0) is 74.6 Å². The molecule has 143 heavy (non-hydrogen) atoms. The van der Waals surface area contributed by atoms with Crippen LogP contribution in [0.3, 0.4) is 0 Å². The number of aliphatic imine (C=N–C) groups is 1. The number of pyridine rings is 3. The number of aryl methyl sites for hydroxylation is 4. The van der Waals surface area contributed by atoms with Crippen molar-refractivity contribution in [2.24, 2.45) is 10.7 Å². The Morgan fingerprint density at radius 3 is 1.27 bits per heavy atom. The number of amidine groups is 1. The van der Waals surface area contributed by atoms with Crippen LogP contribution in [0.1, 0.15) is 138 Å². The number of anilines is 3. The van der Waals surface area contributed by atoms with Gasteiger partial charge in [-0.15, -0.1) is 0 Å². The van der Waals surface area contributed by atoms with E-state index in [0.29, 0.717) is 186 Å². The highest BCUT2D eigenvalue weighted by molar-refractivity contribution is 6.05. The molecule has 10 aromatic rings. The Labute approximate surface area is 833 Å². The third-order valence-electron chi connectivity index (χ3n) is 26.5. The van der Waals surface area contributed by atoms with E-state index in [1.54, 1.807) is 74.0 Å². The van der Waals surface area contributed by atoms with Crippen LogP contribution in [0.2, 0.25) is 0 Å². The molecule has 0 bridgehead atoms. The van der Waals surface area contributed by atoms with Gasteiger partial charge in [0.2, 0.25) is 35.9 Å². The molecule has 17 atom stereocenters. The molecule has 4 aromatic carbocycles. The van der Waals surface area contributed by atoms with Gasteiger partial charge in [-0.2, -0.15) is 4.90 Å². The number of benzene rings is 4. The summed E-state index contributed by atoms with van der Waals surface area (Å²) in [5, 5.41) is 97.1. The Hall–Kier alpha value is -12.2. The lowest BCUT2D eigenvalue weighted by molar-refractivity contribution is -0.121. The summed E-state index contributed by atoms with van der Waals surface area (Å²) in [6.07, 6.45) is 2.35. The van der Waals surface area contributed by atoms with E-state index in [2.05, 4.69) is 143 Å². The average molecular weight is 1970 g/mol. The predicted octanol–water partition coefficient (Wildman–Crippen LogP) is 2.76. The highest BCUT2D eigenvalue weighted by Gasteiger charge is 2.55. The largest absolute Gasteiger partial charge is 0.400 e. The minimum Gasteiger partial charge on any atom is -0.400 e. The molecule has 0 spiro atoms. The van der Waals surface area contributed by atoms with Gasteiger partial charge in [-0.1, -0.05) is 157 Å². The smallest absolute Gasteiger partial charge is 0.383 e. The molecule has 40 nitrogen and oxygen atoms in total. The molecular weight excluding hydrogens is 1830 g/mol. The number of aliphatic hydroxyl groups is 8. The Kier molecular flexibility index (Phi) is 37.0. The monoisotopic (exact) mass is 1970 g/mol. The van der Waals surface area contributed by atoms with Crippen LogP contribution in [0, 0.1) is 13.8 Å². The summed E-state index contributed by atoms with van der Waals surface area (Å²) in [7, 11) is 3.76. The molecule has 6 aliphatic heterocycles. The van der Waals surface area contributed by atoms with Crippen LogP contribution >= 0.6 is 0 Å². The number of hydrogen-bond acceptors (Lipinski definition) is 32. The number of imidazole rings is 3. The van der Waals surface area contributed by atoms with E-state index in [1.165, 1.54) is 41.2 Å². The summed E-state index contributed by atoms with van der Waals surface area (Å²) >= 11 is 0. The number of ether oxygens (including phenoxy) is 4. The zero-order chi connectivity index (χ0) is 103. The normalized spacial score (nSPS) is 23.5. The van der Waals surface area contributed by atoms with Crippen LogP contribution in [0.5, 0.6) is 0 Å². The van der Waals surface area contributed by atoms with Crippen LogP contribution in [0.25, 0.3) is 33.5 Å². The van der Waals surface area contributed by atoms with Gasteiger partial charge in [0.1, 0.15) is 89.8 Å². The van der Waals surface area contributed by atoms with Gasteiger partial charge in [-0.25, -0.2) is 39.6 Å². The number of rotatable bonds is 36. The van der Waals surface area contributed by atoms with Gasteiger partial charge < -0.3 is 114 Å². The zero-order valence-electron chi connectivity index (χ0n) is 83.8. The summed E-state index contributed by atoms with van der Waals surface area (Å²) in [5.74, 6) is 0.498. The molecule has 6 aliphatic rings. The number of aliphatic hydroxyl groups excluding tert-OH is 8. The predicted molar refractivity (Wildman–Crippen MR) is 546 cm³/mol. The fourth-order valence-electron chi connectivity index (χ4n) is 17.9. The number of allylic oxidation sites excluding steroid dienone is 1. The number of nitrogen functional groups attached to an aromatic ring is 3. The Morgan fingerprint density at radius 2 is 0.846 bits per heavy atom. The second-order valence-electron chi connectivity index (χ2n) is 39.9. The van der Waals surface area contributed by atoms with Gasteiger partial charge in [0.05, 0.1) is 54.6 Å². The molecule has 0 radical (unpaired) electrons. The van der Waals surface area contributed by atoms with E-state index in [0.717, 1.165) is 22.3 Å². The molecule has 4 fully saturated rings. The van der Waals surface area contributed by atoms with Crippen molar-refractivity contribution in [2.45, 2.75) is 236 Å². The Bertz CT molecular complexity index is 6040. The average Bonchev–Trinajstić information content (AvgIpc) is 1.63. The highest BCUT2D eigenvalue weighted by atomic mass is 16.6. The molecule has 0 aliphatic carbocycles. The van der Waals surface area contributed by atoms with Gasteiger partial charge >= 0.3 is 5.84 Å². The number of carbonyl (C=O) groups excluding carboxylic acids is 4. The van der Waals surface area contributed by atoms with Gasteiger partial charge in [0.15, 0.2) is 48.2 Å². The van der Waals surface area contributed by atoms with Crippen LogP contribution in [0.15, 0.2) is 170 Å². The van der Waals surface area contributed by atoms with Crippen molar-refractivity contribution in [1.82, 2.24) is 94.0 Å². The van der Waals surface area contributed by atoms with Gasteiger partial charge in [0, 0.05) is 122 Å². The second-order valence-corrected chi connectivity index (χ2v) is 39.9. The first-order chi connectivity index (χ1) is 68.2. The number of amides is 4. The van der Waals surface area contributed by atoms with Gasteiger partial charge in [-0.05, 0) is 124 Å². The lowest BCUT2D eigenvalue weighted by Crippen LogP contribution is -2.48. The topological polar surface area (TPSA) is 554 Å². The Morgan fingerprint density at radius 1 is 0.455 bits per heavy atom. The van der Waals surface area contributed by atoms with Gasteiger partial charge in [-0.3, -0.25) is 42.7 Å². The van der Waals surface area contributed by atoms with E-state index in [1.807, 2.05) is 125 Å². The number of hydrogen-bond donors (Lipinski definition) is 16. The number of nitrogens with two attached hydrogens (primary N) is 4. The van der Waals surface area contributed by atoms with Gasteiger partial charge in [0.25, 0.3) is 0 Å². The lowest BCUT2D eigenvalue weighted by atomic mass is 9.86. The fourth-order valence-corrected chi connectivity index (χ4v) is 17.9. The van der Waals surface area contributed by atoms with Crippen LogP contribution < -0.4 is 48.9 Å². The number of likely N-dealkylation sites (N-methyl/N-ethyl adjacent to an activating group) is 3. The van der Waals surface area contributed by atoms with Crippen molar-refractivity contribution < 1.29 is 79.0 Å². The number of carbonyl (C=O) groups is 4. The van der Waals surface area contributed by atoms with E-state index in [9.17, 15) is 60.0 Å². The minimum atomic E-state index is -1.15. The fraction of sp³-hybridized carbons (Fsp3) is 0.505. The van der Waals surface area contributed by atoms with Crippen LogP contribution in [-0.4, -0.2) is 342 Å². The summed E-state index contributed by atoms with van der Waals surface area (Å²) in [4.78, 5) is 89.1. The van der Waals surface area contributed by atoms with Crippen molar-refractivity contribution in [3.63, 3.8) is 0 Å². The molecule has 16 rings (SSSR count). The lowest BCUT2D eigenvalue weighted by Gasteiger charge is -2.30. The number of nitrogens with one attached hydrogen (secondary N) is 4. The van der Waals surface area contributed by atoms with Crippen molar-refractivity contribution in [3.8, 4) is 0 Å². The van der Waals surface area contributed by atoms with E-state index < -0.39 is 104 Å². The molecule has 4 amide bonds. The van der Waals surface area contributed by atoms with Crippen molar-refractivity contribution in [3.05, 3.63) is 209 Å². The maximum absolute atomic E-state index is 12.5. The van der Waals surface area contributed by atoms with E-state index in [-0.39, 0.29) is 40.5 Å². The molecule has 0 saturated carbocycles. The molecule has 20 N–H and O–H groups in total. The summed E-state index contributed by atoms with van der Waals surface area (Å²) in [6.45, 7) is 29.6. The number of fused-ring (bicyclic) bond motifs is 4. The third kappa shape index (κ3) is 27.9. The maximum Gasteiger partial charge on any atom is 0.383 e. The first-order valence-corrected chi connectivity index (χ1v) is 48.9. The molecule has 1 unspecified atom stereocenters. The minimum absolute atomic E-state index is 0.00121. The zero-order valence-corrected chi connectivity index (χ0v) is 83.8. The molecule has 6 aromatic heterocycles. The second kappa shape index (κ2) is 48.9. The molecule has 40 heteroatoms. The third-order valence-corrected chi connectivity index (χ3v) is 26.5. The summed E-state index contributed by atoms with van der Waals surface area (Å²) in [5.41, 5.74) is 38.1. The molecular formula is C103H143N24O16+. The van der Waals surface area contributed by atoms with E-state index >= 15 is 0 Å². The SMILES string of the molecule is CC(C)N(CCNC(=O)Cc1ccc(C(C)(C)C)cc1)C[C@H]1O[C@@H](n2cnc3c(N)ccnc32)[C@H](O)[C@@H]1O.CCN(CCNC(=O)Cc1ccc(C(C)(C)C)cc1)C[C@H]1O[C@@H](n2cnc3c(N)ccnc32)[C@H](O)[C@@H]1O.Cc1ccc(CCC(=O)NCCN(C)C[C@H]2O[C@@H](N3C=NC4C(N)=CC=[N+]=C43)[C@H](O)[C@@H]2O)cc1.Cc1cccc(CCC(=O)NCCN(C)C[C@H]2O[C@@H](n3cnc4c(N)ccnc43)[C@H](O)[C@@H]2O)c1. The number of aromatic nitrogens is 9. The van der Waals surface area contributed by atoms with Crippen LogP contribution in [0.4, 0.5) is 17.1 Å². The van der Waals surface area contributed by atoms with E-state index in [4.69, 9.17) is 41.9 Å². The molecule has 770 valence electrons. The summed E-state index contributed by atoms with van der Waals surface area (Å²) < 4.78 is 33.3. The standard InChI is InChI=1S/C28H40N6O4.C27H38N6O4.2C24H32N6O4/c1-17(2)33(13-12-30-22(35)14-18-6-8-19(9-7-18)28(3,4)5)15-21-24(36)25(37)27(38-21)34-16-32-23-20(29)10-11-31-26(23)34;1-5-32(13-12-29-21(34)14-17-6-8-18(9-7-17)27(2,3)4)15-20-23(35)24(36)26(37-20)33-16-31-22-19(28)10-11-30-25(22)33;1-15-3-5-16(6-4-15)7-8-19(31)26-11-12-29(2)13-18-21(32)22(33)24(34-18)30-14-28-20-17(25)9-10-27-23(20)30;1-15-4-3-5-16(12-15)6-7-19(31)26-10-11-29(2)13-18-21(32)22(33)24(34-18)30-14-28-20-17(25)8-9-27-23(20)30/h6-11,16-17,21,24-25,27,36-37H,12-15H2,1-5H3,(H2,29,31)(H,30,35);6-11,16,20,23-24,26,35-36H,5,12-15H2,1-4H3,(H2,28,30)(H,29,34);3-6,9-10,14,18,20-22,24-25,32-33H,7-8,11-13H2,1-2H3,(H,26,31);3-5,8-9,12,14,18,21-22,24,32-33H,6-7,10-11,13H2,1-2H3,(H2,25,27)(H,26,31)/p+1/t21-,24-,25-,27-;20-,23-,24-,26-;18-,20?,21-,22-,24-;18-,21-,22-,24-/m1111/s1. The molecule has 12 heterocycles. The Balaban J connectivity index is 0.000000160. The van der Waals surface area contributed by atoms with Crippen molar-refractivity contribution in [1.29, 1.82) is 0 Å². The number of nitrogens with zero attached hydrogens (tertiary/aromatic N) is 16. The quantitative estimate of drug-likeness (QED) is 0.0251. The maximum atomic E-state index is 12.5.